The van der Waals surface area contributed by atoms with Gasteiger partial charge in [0.15, 0.2) is 3.42 Å². The maximum absolute atomic E-state index is 6.64. The fraction of sp³-hybridized carbons (Fsp3) is 0.125. The van der Waals surface area contributed by atoms with Crippen molar-refractivity contribution in [2.75, 3.05) is 7.11 Å². The number of allylic oxidation sites excluding steroid dienone is 1. The summed E-state index contributed by atoms with van der Waals surface area (Å²) < 4.78 is 12.9. The second-order valence-corrected chi connectivity index (χ2v) is 9.67. The molecule has 138 valence electrons. The fourth-order valence-corrected chi connectivity index (χ4v) is 7.33. The van der Waals surface area contributed by atoms with Gasteiger partial charge >= 0.3 is 11.9 Å². The van der Waals surface area contributed by atoms with Crippen molar-refractivity contribution in [3.8, 4) is 5.75 Å². The first-order chi connectivity index (χ1) is 13.6. The van der Waals surface area contributed by atoms with Crippen LogP contribution in [0.3, 0.4) is 0 Å². The van der Waals surface area contributed by atoms with Gasteiger partial charge in [-0.2, -0.15) is 0 Å². The van der Waals surface area contributed by atoms with Crippen molar-refractivity contribution in [2.24, 2.45) is 0 Å². The lowest BCUT2D eigenvalue weighted by Crippen LogP contribution is -2.41. The van der Waals surface area contributed by atoms with Crippen LogP contribution in [0.1, 0.15) is 32.8 Å². The second kappa shape index (κ2) is 6.99. The minimum atomic E-state index is -0.379. The Bertz CT molecular complexity index is 1120. The number of benzene rings is 3. The first-order valence-electron chi connectivity index (χ1n) is 9.07. The van der Waals surface area contributed by atoms with Crippen molar-refractivity contribution in [1.82, 2.24) is 0 Å². The van der Waals surface area contributed by atoms with Crippen LogP contribution in [-0.4, -0.2) is 12.9 Å². The minimum absolute atomic E-state index is 0.0688. The molecule has 3 aromatic rings. The highest BCUT2D eigenvalue weighted by Crippen LogP contribution is 2.61. The molecule has 1 aliphatic carbocycles. The topological polar surface area (TPSA) is 20.5 Å². The van der Waals surface area contributed by atoms with E-state index in [4.69, 9.17) is 9.16 Å². The largest absolute Gasteiger partial charge is 0.497 e. The molecular weight excluding hydrogens is 574 g/mol. The second-order valence-electron chi connectivity index (χ2n) is 6.89. The van der Waals surface area contributed by atoms with E-state index >= 15 is 0 Å². The van der Waals surface area contributed by atoms with Gasteiger partial charge in [0.2, 0.25) is 0 Å². The Morgan fingerprint density at radius 3 is 2.25 bits per heavy atom. The number of methoxy groups -OCH3 is 1. The zero-order valence-electron chi connectivity index (χ0n) is 15.2. The number of hydrogen-bond donors (Lipinski definition) is 0. The van der Waals surface area contributed by atoms with Crippen molar-refractivity contribution >= 4 is 56.5 Å². The lowest BCUT2D eigenvalue weighted by atomic mass is 9.72. The van der Waals surface area contributed by atoms with Gasteiger partial charge in [0.05, 0.1) is 21.8 Å². The van der Waals surface area contributed by atoms with E-state index in [1.54, 1.807) is 7.11 Å². The van der Waals surface area contributed by atoms with Crippen LogP contribution in [0.25, 0.3) is 5.57 Å². The zero-order valence-corrected chi connectivity index (χ0v) is 19.5. The molecule has 2 atom stereocenters. The molecule has 0 saturated carbocycles. The van der Waals surface area contributed by atoms with E-state index in [0.717, 1.165) is 17.1 Å². The van der Waals surface area contributed by atoms with Gasteiger partial charge in [0.25, 0.3) is 0 Å². The molecule has 3 aromatic carbocycles. The molecule has 0 N–H and O–H groups in total. The normalized spacial score (nSPS) is 22.7. The van der Waals surface area contributed by atoms with E-state index < -0.39 is 0 Å². The molecule has 6 rings (SSSR count). The van der Waals surface area contributed by atoms with Crippen molar-refractivity contribution in [3.05, 3.63) is 105 Å². The van der Waals surface area contributed by atoms with Crippen LogP contribution in [0.5, 0.6) is 5.75 Å². The van der Waals surface area contributed by atoms with E-state index in [-0.39, 0.29) is 9.53 Å². The highest BCUT2D eigenvalue weighted by Gasteiger charge is 2.60. The smallest absolute Gasteiger partial charge is 0.353 e. The van der Waals surface area contributed by atoms with E-state index in [2.05, 4.69) is 112 Å². The number of halogens is 2. The quantitative estimate of drug-likeness (QED) is 0.190. The Morgan fingerprint density at radius 1 is 0.857 bits per heavy atom. The van der Waals surface area contributed by atoms with Crippen LogP contribution in [0, 0.1) is 0 Å². The Kier molecular flexibility index (Phi) is 4.58. The number of rotatable bonds is 3. The Labute approximate surface area is 191 Å². The van der Waals surface area contributed by atoms with Gasteiger partial charge in [-0.15, -0.1) is 0 Å². The molecule has 3 aliphatic rings. The average Bonchev–Trinajstić information content (AvgIpc) is 2.75. The van der Waals surface area contributed by atoms with Gasteiger partial charge < -0.3 is 4.74 Å². The molecule has 0 fully saturated rings. The van der Waals surface area contributed by atoms with Crippen LogP contribution in [-0.2, 0) is 3.42 Å². The van der Waals surface area contributed by atoms with Gasteiger partial charge in [0.1, 0.15) is 5.75 Å². The van der Waals surface area contributed by atoms with E-state index in [1.807, 2.05) is 12.1 Å². The summed E-state index contributed by atoms with van der Waals surface area (Å²) in [6.45, 7) is 0. The summed E-state index contributed by atoms with van der Waals surface area (Å²) in [5, 5.41) is 0. The molecule has 2 bridgehead atoms. The third-order valence-corrected chi connectivity index (χ3v) is 8.11. The summed E-state index contributed by atoms with van der Waals surface area (Å²) in [6.07, 6.45) is -0.0688. The number of alkyl halides is 1. The minimum Gasteiger partial charge on any atom is -0.497 e. The lowest BCUT2D eigenvalue weighted by Gasteiger charge is -2.37. The van der Waals surface area contributed by atoms with Gasteiger partial charge in [-0.05, 0) is 64.0 Å². The molecule has 2 aliphatic heterocycles. The SMILES string of the molecule is COc1ccc(C2=[O+]C3C(I)=C(c4ccccc4)C2(I)c2ccccc23)cc1. The van der Waals surface area contributed by atoms with Crippen LogP contribution in [0.2, 0.25) is 0 Å². The van der Waals surface area contributed by atoms with E-state index in [1.165, 1.54) is 25.8 Å². The molecule has 0 aromatic heterocycles. The molecule has 0 spiro atoms. The molecule has 2 unspecified atom stereocenters. The highest BCUT2D eigenvalue weighted by molar-refractivity contribution is 14.1. The Morgan fingerprint density at radius 2 is 1.54 bits per heavy atom. The monoisotopic (exact) mass is 591 g/mol. The molecule has 28 heavy (non-hydrogen) atoms. The van der Waals surface area contributed by atoms with Gasteiger partial charge in [0, 0.05) is 5.57 Å². The van der Waals surface area contributed by atoms with Crippen LogP contribution in [0.4, 0.5) is 0 Å². The maximum Gasteiger partial charge on any atom is 0.353 e. The van der Waals surface area contributed by atoms with Crippen LogP contribution >= 0.6 is 45.2 Å². The first-order valence-corrected chi connectivity index (χ1v) is 11.2. The number of ether oxygens (including phenoxy) is 1. The summed E-state index contributed by atoms with van der Waals surface area (Å²) in [5.41, 5.74) is 6.24. The summed E-state index contributed by atoms with van der Waals surface area (Å²) in [4.78, 5) is 0. The van der Waals surface area contributed by atoms with Gasteiger partial charge in [-0.25, -0.2) is 4.42 Å². The summed E-state index contributed by atoms with van der Waals surface area (Å²) in [6, 6.07) is 27.5. The molecule has 0 saturated heterocycles. The maximum atomic E-state index is 6.64. The number of carbonyl (C=O) groups excluding carboxylic acids is 1. The average molecular weight is 591 g/mol. The molecule has 2 nitrogen and oxygen atoms in total. The number of ketones is 1. The third-order valence-electron chi connectivity index (χ3n) is 5.39. The molecular formula is C24H17I2O2+. The van der Waals surface area contributed by atoms with Crippen molar-refractivity contribution in [1.29, 1.82) is 0 Å². The highest BCUT2D eigenvalue weighted by atomic mass is 127. The van der Waals surface area contributed by atoms with E-state index in [9.17, 15) is 0 Å². The summed E-state index contributed by atoms with van der Waals surface area (Å²) in [5.74, 6) is 1.85. The first kappa shape index (κ1) is 18.4. The van der Waals surface area contributed by atoms with Crippen molar-refractivity contribution in [2.45, 2.75) is 9.53 Å². The van der Waals surface area contributed by atoms with Crippen molar-refractivity contribution in [3.63, 3.8) is 0 Å². The van der Waals surface area contributed by atoms with Crippen molar-refractivity contribution < 1.29 is 9.16 Å². The Balaban J connectivity index is 1.77. The standard InChI is InChI=1S/C24H17I2O2/c1-27-17-13-11-16(12-14-17)23-24(26)19-10-6-5-9-18(19)22(28-23)21(25)20(24)15-7-3-2-4-8-15/h2-14,22H,1H3/q+1. The van der Waals surface area contributed by atoms with Crippen LogP contribution in [0.15, 0.2) is 82.4 Å². The number of hydrogen-bond acceptors (Lipinski definition) is 1. The summed E-state index contributed by atoms with van der Waals surface area (Å²) in [7, 11) is 1.69. The van der Waals surface area contributed by atoms with Gasteiger partial charge in [-0.3, -0.25) is 0 Å². The van der Waals surface area contributed by atoms with Gasteiger partial charge in [-0.1, -0.05) is 71.1 Å². The summed E-state index contributed by atoms with van der Waals surface area (Å²) >= 11 is 5.07. The predicted molar refractivity (Wildman–Crippen MR) is 130 cm³/mol. The predicted octanol–water partition coefficient (Wildman–Crippen LogP) is 6.66. The lowest BCUT2D eigenvalue weighted by molar-refractivity contribution is -0.321. The molecule has 2 heterocycles. The fourth-order valence-electron chi connectivity index (χ4n) is 4.11. The van der Waals surface area contributed by atoms with Crippen LogP contribution < -0.4 is 4.74 Å². The zero-order chi connectivity index (χ0) is 19.3. The molecule has 4 heteroatoms. The molecule has 0 amide bonds. The third kappa shape index (κ3) is 2.60. The Hall–Kier alpha value is -1.67. The van der Waals surface area contributed by atoms with E-state index in [0.29, 0.717) is 0 Å². The molecule has 0 radical (unpaired) electrons.